The van der Waals surface area contributed by atoms with Crippen molar-refractivity contribution in [2.75, 3.05) is 5.32 Å². The van der Waals surface area contributed by atoms with Crippen molar-refractivity contribution in [3.63, 3.8) is 0 Å². The minimum absolute atomic E-state index is 0.0967. The van der Waals surface area contributed by atoms with E-state index >= 15 is 0 Å². The van der Waals surface area contributed by atoms with E-state index in [-0.39, 0.29) is 12.1 Å². The summed E-state index contributed by atoms with van der Waals surface area (Å²) in [5.74, 6) is 0. The van der Waals surface area contributed by atoms with Crippen molar-refractivity contribution < 1.29 is 5.11 Å². The summed E-state index contributed by atoms with van der Waals surface area (Å²) >= 11 is 1.63. The van der Waals surface area contributed by atoms with Gasteiger partial charge in [0, 0.05) is 6.54 Å². The summed E-state index contributed by atoms with van der Waals surface area (Å²) in [4.78, 5) is 9.13. The number of benzene rings is 2. The lowest BCUT2D eigenvalue weighted by atomic mass is 9.93. The van der Waals surface area contributed by atoms with Gasteiger partial charge < -0.3 is 15.0 Å². The number of aliphatic hydroxyl groups is 1. The molecule has 29 heavy (non-hydrogen) atoms. The van der Waals surface area contributed by atoms with Gasteiger partial charge in [-0.2, -0.15) is 5.26 Å². The zero-order chi connectivity index (χ0) is 19.8. The summed E-state index contributed by atoms with van der Waals surface area (Å²) in [6.07, 6.45) is 5.63. The number of anilines is 1. The van der Waals surface area contributed by atoms with Gasteiger partial charge in [-0.1, -0.05) is 30.2 Å². The number of rotatable bonds is 4. The first kappa shape index (κ1) is 18.1. The molecule has 2 aromatic carbocycles. The Balaban J connectivity index is 1.38. The molecule has 0 amide bonds. The van der Waals surface area contributed by atoms with E-state index in [0.29, 0.717) is 12.1 Å². The minimum Gasteiger partial charge on any atom is -0.391 e. The van der Waals surface area contributed by atoms with Crippen LogP contribution in [0.3, 0.4) is 0 Å². The summed E-state index contributed by atoms with van der Waals surface area (Å²) in [6, 6.07) is 14.2. The highest BCUT2D eigenvalue weighted by Gasteiger charge is 2.23. The molecule has 0 saturated heterocycles. The zero-order valence-corrected chi connectivity index (χ0v) is 16.7. The second-order valence-electron chi connectivity index (χ2n) is 7.61. The second kappa shape index (κ2) is 7.47. The first-order chi connectivity index (χ1) is 14.2. The van der Waals surface area contributed by atoms with E-state index < -0.39 is 0 Å². The fraction of sp³-hybridized carbons (Fsp3) is 0.318. The van der Waals surface area contributed by atoms with E-state index in [2.05, 4.69) is 39.1 Å². The van der Waals surface area contributed by atoms with Crippen molar-refractivity contribution in [1.82, 2.24) is 14.5 Å². The average Bonchev–Trinajstić information content (AvgIpc) is 3.32. The number of imidazole rings is 1. The van der Waals surface area contributed by atoms with Gasteiger partial charge >= 0.3 is 0 Å². The van der Waals surface area contributed by atoms with Gasteiger partial charge in [0.15, 0.2) is 5.13 Å². The molecule has 1 fully saturated rings. The maximum atomic E-state index is 10.2. The summed E-state index contributed by atoms with van der Waals surface area (Å²) in [7, 11) is 0. The number of hydrogen-bond donors (Lipinski definition) is 2. The molecule has 1 aliphatic rings. The summed E-state index contributed by atoms with van der Waals surface area (Å²) < 4.78 is 3.22. The maximum absolute atomic E-state index is 10.2. The molecule has 0 bridgehead atoms. The largest absolute Gasteiger partial charge is 0.391 e. The summed E-state index contributed by atoms with van der Waals surface area (Å²) in [6.45, 7) is 0.709. The Bertz CT molecular complexity index is 1220. The van der Waals surface area contributed by atoms with Gasteiger partial charge in [0.2, 0.25) is 0 Å². The van der Waals surface area contributed by atoms with Gasteiger partial charge in [0.05, 0.1) is 51.4 Å². The molecule has 7 heteroatoms. The molecule has 2 aromatic heterocycles. The molecule has 0 aliphatic heterocycles. The highest BCUT2D eigenvalue weighted by molar-refractivity contribution is 7.22. The van der Waals surface area contributed by atoms with Crippen LogP contribution in [-0.4, -0.2) is 31.8 Å². The van der Waals surface area contributed by atoms with Gasteiger partial charge in [-0.25, -0.2) is 9.97 Å². The number of fused-ring (bicyclic) bond motifs is 2. The first-order valence-corrected chi connectivity index (χ1v) is 10.7. The normalized spacial score (nSPS) is 19.4. The highest BCUT2D eigenvalue weighted by atomic mass is 32.1. The molecule has 0 unspecified atom stereocenters. The fourth-order valence-corrected chi connectivity index (χ4v) is 5.01. The van der Waals surface area contributed by atoms with Crippen LogP contribution in [0.1, 0.15) is 36.8 Å². The molecular formula is C22H21N5OS. The fourth-order valence-electron chi connectivity index (χ4n) is 4.02. The Hall–Kier alpha value is -2.95. The third kappa shape index (κ3) is 3.57. The SMILES string of the molecule is N#Cc1ccc2c(c1)ncn2Cc1ccc2nc(N[C@@H]3CCCC[C@H]3O)sc2c1. The van der Waals surface area contributed by atoms with Gasteiger partial charge in [-0.3, -0.25) is 0 Å². The molecular weight excluding hydrogens is 382 g/mol. The number of nitrogens with zero attached hydrogens (tertiary/aromatic N) is 4. The Morgan fingerprint density at radius 1 is 1.17 bits per heavy atom. The summed E-state index contributed by atoms with van der Waals surface area (Å²) in [5.41, 5.74) is 4.62. The lowest BCUT2D eigenvalue weighted by Gasteiger charge is -2.27. The van der Waals surface area contributed by atoms with E-state index in [0.717, 1.165) is 52.1 Å². The van der Waals surface area contributed by atoms with Crippen molar-refractivity contribution in [3.05, 3.63) is 53.9 Å². The molecule has 6 nitrogen and oxygen atoms in total. The zero-order valence-electron chi connectivity index (χ0n) is 15.9. The molecule has 2 atom stereocenters. The number of thiazole rings is 1. The van der Waals surface area contributed by atoms with Gasteiger partial charge in [-0.05, 0) is 48.7 Å². The molecule has 0 radical (unpaired) electrons. The lowest BCUT2D eigenvalue weighted by Crippen LogP contribution is -2.36. The van der Waals surface area contributed by atoms with E-state index in [4.69, 9.17) is 10.2 Å². The number of aliphatic hydroxyl groups excluding tert-OH is 1. The Morgan fingerprint density at radius 3 is 2.93 bits per heavy atom. The third-order valence-electron chi connectivity index (χ3n) is 5.59. The van der Waals surface area contributed by atoms with E-state index in [1.54, 1.807) is 11.3 Å². The maximum Gasteiger partial charge on any atom is 0.184 e. The van der Waals surface area contributed by atoms with Crippen molar-refractivity contribution in [3.8, 4) is 6.07 Å². The van der Waals surface area contributed by atoms with Crippen molar-refractivity contribution in [2.24, 2.45) is 0 Å². The smallest absolute Gasteiger partial charge is 0.184 e. The van der Waals surface area contributed by atoms with Crippen molar-refractivity contribution >= 4 is 37.7 Å². The van der Waals surface area contributed by atoms with Crippen LogP contribution in [-0.2, 0) is 6.54 Å². The topological polar surface area (TPSA) is 86.8 Å². The van der Waals surface area contributed by atoms with Gasteiger partial charge in [0.25, 0.3) is 0 Å². The molecule has 2 N–H and O–H groups in total. The quantitative estimate of drug-likeness (QED) is 0.531. The predicted molar refractivity (Wildman–Crippen MR) is 115 cm³/mol. The van der Waals surface area contributed by atoms with Crippen LogP contribution < -0.4 is 5.32 Å². The van der Waals surface area contributed by atoms with Gasteiger partial charge in [-0.15, -0.1) is 0 Å². The Kier molecular flexibility index (Phi) is 4.66. The van der Waals surface area contributed by atoms with E-state index in [9.17, 15) is 5.11 Å². The first-order valence-electron chi connectivity index (χ1n) is 9.89. The van der Waals surface area contributed by atoms with Crippen LogP contribution in [0.5, 0.6) is 0 Å². The van der Waals surface area contributed by atoms with Crippen LogP contribution in [0, 0.1) is 11.3 Å². The Morgan fingerprint density at radius 2 is 2.07 bits per heavy atom. The van der Waals surface area contributed by atoms with Gasteiger partial charge in [0.1, 0.15) is 0 Å². The van der Waals surface area contributed by atoms with Crippen molar-refractivity contribution in [1.29, 1.82) is 5.26 Å². The summed E-state index contributed by atoms with van der Waals surface area (Å²) in [5, 5.41) is 23.6. The standard InChI is InChI=1S/C22H21N5OS/c23-11-14-6-8-19-18(9-14)24-13-27(19)12-15-5-7-17-21(10-15)29-22(26-17)25-16-3-1-2-4-20(16)28/h5-10,13,16,20,28H,1-4,12H2,(H,25,26)/t16-,20-/m1/s1. The van der Waals surface area contributed by atoms with E-state index in [1.165, 1.54) is 5.56 Å². The molecule has 2 heterocycles. The Labute approximate surface area is 172 Å². The number of aromatic nitrogens is 3. The van der Waals surface area contributed by atoms with Crippen LogP contribution in [0.4, 0.5) is 5.13 Å². The van der Waals surface area contributed by atoms with Crippen LogP contribution in [0.2, 0.25) is 0 Å². The molecule has 1 aliphatic carbocycles. The third-order valence-corrected chi connectivity index (χ3v) is 6.54. The number of nitrogens with one attached hydrogen (secondary N) is 1. The lowest BCUT2D eigenvalue weighted by molar-refractivity contribution is 0.116. The predicted octanol–water partition coefficient (Wildman–Crippen LogP) is 4.28. The molecule has 0 spiro atoms. The van der Waals surface area contributed by atoms with Crippen molar-refractivity contribution in [2.45, 2.75) is 44.4 Å². The number of hydrogen-bond acceptors (Lipinski definition) is 6. The molecule has 4 aromatic rings. The van der Waals surface area contributed by atoms with E-state index in [1.807, 2.05) is 24.5 Å². The van der Waals surface area contributed by atoms with Crippen LogP contribution in [0.15, 0.2) is 42.7 Å². The number of nitriles is 1. The second-order valence-corrected chi connectivity index (χ2v) is 8.64. The monoisotopic (exact) mass is 403 g/mol. The van der Waals surface area contributed by atoms with Crippen LogP contribution >= 0.6 is 11.3 Å². The van der Waals surface area contributed by atoms with Crippen LogP contribution in [0.25, 0.3) is 21.3 Å². The molecule has 146 valence electrons. The molecule has 5 rings (SSSR count). The highest BCUT2D eigenvalue weighted by Crippen LogP contribution is 2.30. The molecule has 1 saturated carbocycles. The minimum atomic E-state index is -0.289. The average molecular weight is 404 g/mol.